The van der Waals surface area contributed by atoms with Crippen molar-refractivity contribution >= 4 is 49.1 Å². The molecule has 0 fully saturated rings. The maximum Gasteiger partial charge on any atom is 0.261 e. The van der Waals surface area contributed by atoms with Crippen LogP contribution < -0.4 is 5.32 Å². The van der Waals surface area contributed by atoms with Gasteiger partial charge < -0.3 is 5.32 Å². The Bertz CT molecular complexity index is 537. The lowest BCUT2D eigenvalue weighted by molar-refractivity contribution is 0.0943. The van der Waals surface area contributed by atoms with Crippen LogP contribution in [0, 0.1) is 0 Å². The Morgan fingerprint density at radius 2 is 2.22 bits per heavy atom. The smallest absolute Gasteiger partial charge is 0.261 e. The van der Waals surface area contributed by atoms with E-state index in [0.29, 0.717) is 4.88 Å². The molecule has 18 heavy (non-hydrogen) atoms. The molecular formula is C12H10Br2N2OS. The quantitative estimate of drug-likeness (QED) is 0.856. The van der Waals surface area contributed by atoms with E-state index in [-0.39, 0.29) is 11.9 Å². The van der Waals surface area contributed by atoms with Gasteiger partial charge in [-0.25, -0.2) is 0 Å². The van der Waals surface area contributed by atoms with Crippen LogP contribution in [0.15, 0.2) is 38.7 Å². The lowest BCUT2D eigenvalue weighted by Crippen LogP contribution is -2.26. The lowest BCUT2D eigenvalue weighted by atomic mass is 10.2. The third-order valence-electron chi connectivity index (χ3n) is 2.35. The lowest BCUT2D eigenvalue weighted by Gasteiger charge is -2.12. The third-order valence-corrected chi connectivity index (χ3v) is 5.60. The summed E-state index contributed by atoms with van der Waals surface area (Å²) in [4.78, 5) is 16.9. The summed E-state index contributed by atoms with van der Waals surface area (Å²) in [5.74, 6) is -0.0930. The van der Waals surface area contributed by atoms with E-state index >= 15 is 0 Å². The van der Waals surface area contributed by atoms with Crippen molar-refractivity contribution in [2.24, 2.45) is 0 Å². The number of hydrogen-bond acceptors (Lipinski definition) is 3. The van der Waals surface area contributed by atoms with Gasteiger partial charge in [0.25, 0.3) is 5.91 Å². The summed E-state index contributed by atoms with van der Waals surface area (Å²) in [6, 6.07) is 7.34. The molecule has 1 unspecified atom stereocenters. The Balaban J connectivity index is 2.08. The van der Waals surface area contributed by atoms with Gasteiger partial charge in [0.15, 0.2) is 0 Å². The molecule has 0 aliphatic heterocycles. The van der Waals surface area contributed by atoms with E-state index in [9.17, 15) is 4.79 Å². The molecule has 1 atom stereocenters. The van der Waals surface area contributed by atoms with Crippen LogP contribution in [0.25, 0.3) is 0 Å². The predicted octanol–water partition coefficient (Wildman–Crippen LogP) is 4.16. The number of nitrogens with one attached hydrogen (secondary N) is 1. The third kappa shape index (κ3) is 3.18. The summed E-state index contributed by atoms with van der Waals surface area (Å²) in [5, 5.41) is 2.92. The molecule has 6 heteroatoms. The van der Waals surface area contributed by atoms with Crippen LogP contribution in [-0.4, -0.2) is 10.9 Å². The molecule has 3 nitrogen and oxygen atoms in total. The van der Waals surface area contributed by atoms with E-state index in [1.807, 2.05) is 25.1 Å². The van der Waals surface area contributed by atoms with Crippen LogP contribution in [-0.2, 0) is 0 Å². The van der Waals surface area contributed by atoms with Gasteiger partial charge in [-0.05, 0) is 57.0 Å². The van der Waals surface area contributed by atoms with Gasteiger partial charge in [-0.1, -0.05) is 6.07 Å². The van der Waals surface area contributed by atoms with Crippen molar-refractivity contribution in [3.05, 3.63) is 49.3 Å². The van der Waals surface area contributed by atoms with Gasteiger partial charge in [-0.15, -0.1) is 11.3 Å². The normalized spacial score (nSPS) is 12.2. The predicted molar refractivity (Wildman–Crippen MR) is 79.8 cm³/mol. The second-order valence-corrected chi connectivity index (χ2v) is 6.91. The monoisotopic (exact) mass is 388 g/mol. The number of hydrogen-bond donors (Lipinski definition) is 1. The Labute approximate surface area is 126 Å². The molecule has 2 rings (SSSR count). The first kappa shape index (κ1) is 13.7. The first-order valence-corrected chi connectivity index (χ1v) is 7.65. The summed E-state index contributed by atoms with van der Waals surface area (Å²) < 4.78 is 1.81. The van der Waals surface area contributed by atoms with Crippen molar-refractivity contribution in [2.75, 3.05) is 0 Å². The molecule has 0 aliphatic rings. The van der Waals surface area contributed by atoms with Gasteiger partial charge in [0.2, 0.25) is 0 Å². The highest BCUT2D eigenvalue weighted by atomic mass is 79.9. The molecule has 1 amide bonds. The van der Waals surface area contributed by atoms with Crippen molar-refractivity contribution in [3.8, 4) is 0 Å². The molecule has 0 saturated heterocycles. The van der Waals surface area contributed by atoms with E-state index < -0.39 is 0 Å². The van der Waals surface area contributed by atoms with E-state index in [2.05, 4.69) is 42.2 Å². The van der Waals surface area contributed by atoms with Crippen molar-refractivity contribution in [3.63, 3.8) is 0 Å². The highest BCUT2D eigenvalue weighted by molar-refractivity contribution is 9.13. The zero-order valence-electron chi connectivity index (χ0n) is 9.48. The van der Waals surface area contributed by atoms with E-state index in [0.717, 1.165) is 14.0 Å². The van der Waals surface area contributed by atoms with Crippen molar-refractivity contribution < 1.29 is 4.79 Å². The molecular weight excluding hydrogens is 380 g/mol. The van der Waals surface area contributed by atoms with Gasteiger partial charge in [0.1, 0.15) is 0 Å². The first-order chi connectivity index (χ1) is 8.58. The standard InChI is InChI=1S/C12H10Br2N2OS/c1-7(9-4-2-3-5-15-9)16-12(17)10-6-8(13)11(14)18-10/h2-7H,1H3,(H,16,17). The Morgan fingerprint density at radius 3 is 2.78 bits per heavy atom. The fraction of sp³-hybridized carbons (Fsp3) is 0.167. The fourth-order valence-electron chi connectivity index (χ4n) is 1.43. The first-order valence-electron chi connectivity index (χ1n) is 5.24. The van der Waals surface area contributed by atoms with Crippen LogP contribution in [0.2, 0.25) is 0 Å². The van der Waals surface area contributed by atoms with Crippen LogP contribution in [0.3, 0.4) is 0 Å². The van der Waals surface area contributed by atoms with E-state index in [1.165, 1.54) is 11.3 Å². The number of thiophene rings is 1. The van der Waals surface area contributed by atoms with Gasteiger partial charge in [0.05, 0.1) is 20.4 Å². The number of nitrogens with zero attached hydrogens (tertiary/aromatic N) is 1. The molecule has 0 aliphatic carbocycles. The SMILES string of the molecule is CC(NC(=O)c1cc(Br)c(Br)s1)c1ccccn1. The van der Waals surface area contributed by atoms with E-state index in [4.69, 9.17) is 0 Å². The summed E-state index contributed by atoms with van der Waals surface area (Å²) in [6.45, 7) is 1.91. The average Bonchev–Trinajstić information content (AvgIpc) is 2.71. The summed E-state index contributed by atoms with van der Waals surface area (Å²) >= 11 is 8.14. The summed E-state index contributed by atoms with van der Waals surface area (Å²) in [5.41, 5.74) is 0.848. The number of rotatable bonds is 3. The highest BCUT2D eigenvalue weighted by Crippen LogP contribution is 2.32. The maximum absolute atomic E-state index is 12.0. The van der Waals surface area contributed by atoms with Crippen LogP contribution >= 0.6 is 43.2 Å². The molecule has 94 valence electrons. The van der Waals surface area contributed by atoms with Crippen LogP contribution in [0.1, 0.15) is 28.3 Å². The molecule has 2 aromatic heterocycles. The molecule has 0 saturated carbocycles. The van der Waals surface area contributed by atoms with Crippen LogP contribution in [0.4, 0.5) is 0 Å². The second kappa shape index (κ2) is 5.95. The molecule has 0 spiro atoms. The number of carbonyl (C=O) groups is 1. The summed E-state index contributed by atoms with van der Waals surface area (Å²) in [6.07, 6.45) is 1.72. The maximum atomic E-state index is 12.0. The Kier molecular flexibility index (Phi) is 4.53. The minimum Gasteiger partial charge on any atom is -0.343 e. The minimum atomic E-state index is -0.113. The Hall–Kier alpha value is -0.720. The van der Waals surface area contributed by atoms with Crippen LogP contribution in [0.5, 0.6) is 0 Å². The van der Waals surface area contributed by atoms with Crippen molar-refractivity contribution in [1.29, 1.82) is 0 Å². The average molecular weight is 390 g/mol. The molecule has 0 bridgehead atoms. The number of pyridine rings is 1. The van der Waals surface area contributed by atoms with Gasteiger partial charge in [0, 0.05) is 10.7 Å². The fourth-order valence-corrected chi connectivity index (χ4v) is 3.37. The van der Waals surface area contributed by atoms with E-state index in [1.54, 1.807) is 12.3 Å². The molecule has 0 aromatic carbocycles. The van der Waals surface area contributed by atoms with Gasteiger partial charge in [-0.2, -0.15) is 0 Å². The molecule has 2 aromatic rings. The number of aromatic nitrogens is 1. The molecule has 2 heterocycles. The van der Waals surface area contributed by atoms with Gasteiger partial charge in [-0.3, -0.25) is 9.78 Å². The minimum absolute atomic E-state index is 0.0930. The zero-order valence-corrected chi connectivity index (χ0v) is 13.5. The van der Waals surface area contributed by atoms with Crippen molar-refractivity contribution in [2.45, 2.75) is 13.0 Å². The number of carbonyl (C=O) groups excluding carboxylic acids is 1. The van der Waals surface area contributed by atoms with Crippen molar-refractivity contribution in [1.82, 2.24) is 10.3 Å². The topological polar surface area (TPSA) is 42.0 Å². The Morgan fingerprint density at radius 1 is 1.44 bits per heavy atom. The largest absolute Gasteiger partial charge is 0.343 e. The summed E-state index contributed by atoms with van der Waals surface area (Å²) in [7, 11) is 0. The highest BCUT2D eigenvalue weighted by Gasteiger charge is 2.15. The molecule has 1 N–H and O–H groups in total. The number of halogens is 2. The number of amides is 1. The van der Waals surface area contributed by atoms with Gasteiger partial charge >= 0.3 is 0 Å². The second-order valence-electron chi connectivity index (χ2n) is 3.68. The molecule has 0 radical (unpaired) electrons. The zero-order chi connectivity index (χ0) is 13.1.